The summed E-state index contributed by atoms with van der Waals surface area (Å²) in [6, 6.07) is 13.6. The van der Waals surface area contributed by atoms with Gasteiger partial charge in [0, 0.05) is 47.3 Å². The van der Waals surface area contributed by atoms with Crippen LogP contribution in [0.5, 0.6) is 5.75 Å². The highest BCUT2D eigenvalue weighted by molar-refractivity contribution is 7.80. The third kappa shape index (κ3) is 11.7. The van der Waals surface area contributed by atoms with Crippen LogP contribution in [0.3, 0.4) is 0 Å². The predicted octanol–water partition coefficient (Wildman–Crippen LogP) is 1.54. The second-order valence-corrected chi connectivity index (χ2v) is 15.9. The summed E-state index contributed by atoms with van der Waals surface area (Å²) in [5, 5.41) is 98.1. The van der Waals surface area contributed by atoms with E-state index in [0.29, 0.717) is 45.8 Å². The minimum Gasteiger partial charge on any atom is -0.508 e. The van der Waals surface area contributed by atoms with E-state index in [-0.39, 0.29) is 34.5 Å². The number of carboxylic acids is 1. The molecule has 3 heterocycles. The molecule has 6 unspecified atom stereocenters. The molecule has 342 valence electrons. The summed E-state index contributed by atoms with van der Waals surface area (Å²) < 4.78 is 27.3. The van der Waals surface area contributed by atoms with Crippen molar-refractivity contribution < 1.29 is 78.9 Å². The summed E-state index contributed by atoms with van der Waals surface area (Å²) >= 11 is 5.46. The Morgan fingerprint density at radius 2 is 1.37 bits per heavy atom. The van der Waals surface area contributed by atoms with Crippen molar-refractivity contribution in [1.29, 1.82) is 0 Å². The molecule has 0 saturated carbocycles. The number of thiocarbonyl (C=S) groups is 1. The molecule has 2 aromatic rings. The number of aliphatic hydroxyl groups excluding tert-OH is 7. The maximum atomic E-state index is 12.5. The van der Waals surface area contributed by atoms with Crippen LogP contribution in [0.1, 0.15) is 61.7 Å². The van der Waals surface area contributed by atoms with Crippen molar-refractivity contribution in [2.24, 2.45) is 0 Å². The highest BCUT2D eigenvalue weighted by Gasteiger charge is 2.50. The normalized spacial score (nSPS) is 26.1. The van der Waals surface area contributed by atoms with Crippen molar-refractivity contribution in [3.8, 4) is 28.2 Å². The van der Waals surface area contributed by atoms with Gasteiger partial charge in [-0.15, -0.1) is 0 Å². The van der Waals surface area contributed by atoms with Crippen LogP contribution in [0, 0.1) is 0 Å². The number of phenols is 1. The largest absolute Gasteiger partial charge is 0.508 e. The Hall–Kier alpha value is -4.84. The van der Waals surface area contributed by atoms with E-state index in [4.69, 9.17) is 35.6 Å². The van der Waals surface area contributed by atoms with Gasteiger partial charge in [-0.3, -0.25) is 9.59 Å². The lowest BCUT2D eigenvalue weighted by Gasteiger charge is -2.44. The quantitative estimate of drug-likeness (QED) is 0.0292. The standard InChI is InChI=1S/C43H52N2O17S/c46-19-30-34(50)36(52)38(54)41(60-30)62-42-39(55)37(53)35(51)31(61-42)20-58-32(49)8-6-4-2-1-3-5-7-15-44-43(63)45-21-9-12-24(27(16-21)40(56)57)33-25-13-10-22(47)17-28(25)59-29-18-23(48)11-14-26(29)33/h9-14,16-18,30-31,34-39,41-42,46-47,50-55H,1-8,15,19-20H2,(H,56,57)(H2,44,45,63)/t30?,31?,34-,35-,36?,37?,38?,39?,41-,42-/m1/s1. The SMILES string of the molecule is O=C(CCCCCCCCCNC(=S)Nc1ccc(-c2c3ccc(=O)cc-3oc3cc(O)ccc23)c(C(=O)O)c1)OCC1O[C@H](O[C@H]2OC(CO)[C@@H](O)C(O)C2O)C(O)C(O)[C@@H]1O. The van der Waals surface area contributed by atoms with Crippen LogP contribution in [-0.4, -0.2) is 144 Å². The Morgan fingerprint density at radius 1 is 0.730 bits per heavy atom. The molecule has 2 fully saturated rings. The Balaban J connectivity index is 0.873. The molecule has 4 aliphatic rings. The first-order valence-electron chi connectivity index (χ1n) is 20.6. The van der Waals surface area contributed by atoms with Gasteiger partial charge in [-0.1, -0.05) is 38.2 Å². The van der Waals surface area contributed by atoms with Gasteiger partial charge in [0.2, 0.25) is 0 Å². The van der Waals surface area contributed by atoms with E-state index in [0.717, 1.165) is 38.5 Å². The Kier molecular flexibility index (Phi) is 16.4. The highest BCUT2D eigenvalue weighted by Crippen LogP contribution is 2.42. The van der Waals surface area contributed by atoms with Crippen molar-refractivity contribution in [3.63, 3.8) is 0 Å². The number of unbranched alkanes of at least 4 members (excludes halogenated alkanes) is 6. The molecule has 0 bridgehead atoms. The van der Waals surface area contributed by atoms with Crippen LogP contribution < -0.4 is 16.1 Å². The van der Waals surface area contributed by atoms with Gasteiger partial charge >= 0.3 is 11.9 Å². The van der Waals surface area contributed by atoms with Crippen molar-refractivity contribution in [2.75, 3.05) is 25.1 Å². The van der Waals surface area contributed by atoms with Gasteiger partial charge in [0.25, 0.3) is 0 Å². The van der Waals surface area contributed by atoms with Crippen LogP contribution in [0.25, 0.3) is 33.4 Å². The summed E-state index contributed by atoms with van der Waals surface area (Å²) in [5.41, 5.74) is 1.90. The first kappa shape index (κ1) is 47.6. The maximum Gasteiger partial charge on any atom is 0.336 e. The lowest BCUT2D eigenvalue weighted by atomic mass is 9.90. The molecule has 0 amide bonds. The molecule has 2 saturated heterocycles. The number of carbonyl (C=O) groups excluding carboxylic acids is 1. The first-order chi connectivity index (χ1) is 30.2. The second-order valence-electron chi connectivity index (χ2n) is 15.5. The number of phenolic OH excluding ortho intramolecular Hbond substituents is 1. The average molecular weight is 901 g/mol. The Morgan fingerprint density at radius 3 is 2.05 bits per heavy atom. The van der Waals surface area contributed by atoms with Crippen molar-refractivity contribution >= 4 is 45.9 Å². The summed E-state index contributed by atoms with van der Waals surface area (Å²) in [5.74, 6) is -1.54. The number of benzene rings is 3. The number of anilines is 1. The molecule has 0 aromatic heterocycles. The third-order valence-corrected chi connectivity index (χ3v) is 11.2. The second kappa shape index (κ2) is 21.7. The number of hydrogen-bond donors (Lipinski definition) is 11. The minimum absolute atomic E-state index is 0.0113. The monoisotopic (exact) mass is 900 g/mol. The van der Waals surface area contributed by atoms with Gasteiger partial charge < -0.3 is 80.0 Å². The Bertz CT molecular complexity index is 2240. The number of ether oxygens (including phenoxy) is 4. The number of rotatable bonds is 18. The smallest absolute Gasteiger partial charge is 0.336 e. The Labute approximate surface area is 365 Å². The van der Waals surface area contributed by atoms with E-state index in [2.05, 4.69) is 10.6 Å². The minimum atomic E-state index is -1.82. The summed E-state index contributed by atoms with van der Waals surface area (Å²) in [6.07, 6.45) is -10.6. The van der Waals surface area contributed by atoms with Gasteiger partial charge in [-0.05, 0) is 67.0 Å². The molecule has 10 atom stereocenters. The molecule has 0 radical (unpaired) electrons. The fourth-order valence-electron chi connectivity index (χ4n) is 7.55. The lowest BCUT2D eigenvalue weighted by Crippen LogP contribution is -2.63. The van der Waals surface area contributed by atoms with Crippen LogP contribution in [0.4, 0.5) is 5.69 Å². The number of nitrogens with one attached hydrogen (secondary N) is 2. The van der Waals surface area contributed by atoms with Crippen LogP contribution in [0.2, 0.25) is 0 Å². The van der Waals surface area contributed by atoms with Gasteiger partial charge in [0.15, 0.2) is 23.1 Å². The molecule has 6 rings (SSSR count). The molecule has 0 spiro atoms. The third-order valence-electron chi connectivity index (χ3n) is 11.0. The zero-order valence-corrected chi connectivity index (χ0v) is 34.8. The van der Waals surface area contributed by atoms with Crippen LogP contribution in [0.15, 0.2) is 63.8 Å². The number of esters is 1. The first-order valence-corrected chi connectivity index (χ1v) is 21.0. The number of aromatic carboxylic acids is 1. The van der Waals surface area contributed by atoms with E-state index >= 15 is 0 Å². The topological polar surface area (TPSA) is 307 Å². The van der Waals surface area contributed by atoms with Gasteiger partial charge in [-0.2, -0.15) is 0 Å². The predicted molar refractivity (Wildman–Crippen MR) is 227 cm³/mol. The number of aromatic hydroxyl groups is 1. The molecule has 19 nitrogen and oxygen atoms in total. The molecule has 11 N–H and O–H groups in total. The van der Waals surface area contributed by atoms with E-state index < -0.39 is 86.6 Å². The van der Waals surface area contributed by atoms with Crippen molar-refractivity contribution in [1.82, 2.24) is 5.32 Å². The van der Waals surface area contributed by atoms with Gasteiger partial charge in [0.1, 0.15) is 72.5 Å². The molecule has 20 heteroatoms. The molecule has 63 heavy (non-hydrogen) atoms. The van der Waals surface area contributed by atoms with E-state index in [9.17, 15) is 60.3 Å². The number of carboxylic acid groups (broad SMARTS) is 1. The van der Waals surface area contributed by atoms with Crippen LogP contribution in [-0.2, 0) is 23.7 Å². The fraction of sp³-hybridized carbons (Fsp3) is 0.488. The summed E-state index contributed by atoms with van der Waals surface area (Å²) in [4.78, 5) is 37.1. The molecule has 1 aliphatic carbocycles. The van der Waals surface area contributed by atoms with Crippen LogP contribution >= 0.6 is 12.2 Å². The number of hydrogen-bond acceptors (Lipinski definition) is 17. The highest BCUT2D eigenvalue weighted by atomic mass is 32.1. The lowest BCUT2D eigenvalue weighted by molar-refractivity contribution is -0.376. The zero-order chi connectivity index (χ0) is 45.4. The number of fused-ring (bicyclic) bond motifs is 2. The summed E-state index contributed by atoms with van der Waals surface area (Å²) in [7, 11) is 0. The summed E-state index contributed by atoms with van der Waals surface area (Å²) in [6.45, 7) is -0.627. The molecular weight excluding hydrogens is 849 g/mol. The van der Waals surface area contributed by atoms with Crippen molar-refractivity contribution in [2.45, 2.75) is 113 Å². The van der Waals surface area contributed by atoms with E-state index in [1.807, 2.05) is 0 Å². The van der Waals surface area contributed by atoms with E-state index in [1.165, 1.54) is 30.3 Å². The average Bonchev–Trinajstić information content (AvgIpc) is 3.25. The fourth-order valence-corrected chi connectivity index (χ4v) is 7.77. The zero-order valence-electron chi connectivity index (χ0n) is 33.9. The molecule has 2 aromatic carbocycles. The van der Waals surface area contributed by atoms with E-state index in [1.54, 1.807) is 24.3 Å². The van der Waals surface area contributed by atoms with Crippen molar-refractivity contribution in [3.05, 3.63) is 70.4 Å². The van der Waals surface area contributed by atoms with Gasteiger partial charge in [0.05, 0.1) is 12.2 Å². The maximum absolute atomic E-state index is 12.5. The molecular formula is C43H52N2O17S. The number of aliphatic hydroxyl groups is 7. The van der Waals surface area contributed by atoms with Gasteiger partial charge in [-0.25, -0.2) is 4.79 Å². The molecule has 3 aliphatic heterocycles. The number of carbonyl (C=O) groups is 2.